The molecule has 2 heteroatoms. The molecule has 0 fully saturated rings. The third kappa shape index (κ3) is 4.73. The average Bonchev–Trinajstić information content (AvgIpc) is 1.82. The van der Waals surface area contributed by atoms with Gasteiger partial charge in [0.1, 0.15) is 0 Å². The van der Waals surface area contributed by atoms with Crippen molar-refractivity contribution in [3.05, 3.63) is 0 Å². The van der Waals surface area contributed by atoms with Gasteiger partial charge in [0, 0.05) is 6.04 Å². The quantitative estimate of drug-likeness (QED) is 0.648. The van der Waals surface area contributed by atoms with Crippen molar-refractivity contribution in [1.29, 1.82) is 0 Å². The van der Waals surface area contributed by atoms with Crippen molar-refractivity contribution in [2.75, 3.05) is 14.1 Å². The Bertz CT molecular complexity index is 126. The molecular weight excluding hydrogens is 150 g/mol. The molecule has 0 aromatic rings. The maximum atomic E-state index is 5.82. The summed E-state index contributed by atoms with van der Waals surface area (Å²) in [4.78, 5) is 2.18. The third-order valence-corrected chi connectivity index (χ3v) is 2.03. The highest BCUT2D eigenvalue weighted by molar-refractivity contribution is 4.71. The van der Waals surface area contributed by atoms with Crippen LogP contribution >= 0.6 is 0 Å². The van der Waals surface area contributed by atoms with E-state index in [0.29, 0.717) is 6.04 Å². The van der Waals surface area contributed by atoms with E-state index in [4.69, 9.17) is 4.74 Å². The summed E-state index contributed by atoms with van der Waals surface area (Å²) in [6.45, 7) is 10.6. The summed E-state index contributed by atoms with van der Waals surface area (Å²) in [5.74, 6) is 0. The summed E-state index contributed by atoms with van der Waals surface area (Å²) in [5, 5.41) is 0. The lowest BCUT2D eigenvalue weighted by molar-refractivity contribution is -0.0773. The van der Waals surface area contributed by atoms with E-state index in [9.17, 15) is 0 Å². The minimum absolute atomic E-state index is 0.0380. The summed E-state index contributed by atoms with van der Waals surface area (Å²) >= 11 is 0. The molecule has 0 N–H and O–H groups in total. The molecule has 0 spiro atoms. The van der Waals surface area contributed by atoms with Gasteiger partial charge < -0.3 is 9.64 Å². The molecule has 0 amide bonds. The van der Waals surface area contributed by atoms with Gasteiger partial charge in [-0.15, -0.1) is 0 Å². The molecule has 0 aliphatic heterocycles. The second-order valence-corrected chi connectivity index (χ2v) is 4.64. The second kappa shape index (κ2) is 4.24. The zero-order valence-electron chi connectivity index (χ0n) is 9.51. The molecule has 0 saturated carbocycles. The lowest BCUT2D eigenvalue weighted by atomic mass is 10.1. The largest absolute Gasteiger partial charge is 0.371 e. The standard InChI is InChI=1S/C10H23NO/c1-8(11(6)7)9(2)12-10(3,4)5/h8-9H,1-7H3/t8-,9-/m1/s1. The van der Waals surface area contributed by atoms with Gasteiger partial charge in [-0.25, -0.2) is 0 Å². The van der Waals surface area contributed by atoms with Crippen LogP contribution < -0.4 is 0 Å². The maximum absolute atomic E-state index is 5.82. The van der Waals surface area contributed by atoms with Gasteiger partial charge in [0.15, 0.2) is 0 Å². The maximum Gasteiger partial charge on any atom is 0.0706 e. The van der Waals surface area contributed by atoms with Crippen molar-refractivity contribution in [3.8, 4) is 0 Å². The van der Waals surface area contributed by atoms with E-state index >= 15 is 0 Å². The van der Waals surface area contributed by atoms with Crippen molar-refractivity contribution in [3.63, 3.8) is 0 Å². The summed E-state index contributed by atoms with van der Waals surface area (Å²) in [5.41, 5.74) is -0.0380. The van der Waals surface area contributed by atoms with Gasteiger partial charge in [-0.05, 0) is 48.7 Å². The van der Waals surface area contributed by atoms with E-state index < -0.39 is 0 Å². The summed E-state index contributed by atoms with van der Waals surface area (Å²) in [7, 11) is 4.15. The molecular formula is C10H23NO. The van der Waals surface area contributed by atoms with E-state index in [1.165, 1.54) is 0 Å². The fourth-order valence-corrected chi connectivity index (χ4v) is 1.08. The third-order valence-electron chi connectivity index (χ3n) is 2.03. The van der Waals surface area contributed by atoms with Gasteiger partial charge in [-0.3, -0.25) is 0 Å². The normalized spacial score (nSPS) is 18.0. The molecule has 0 aliphatic carbocycles. The topological polar surface area (TPSA) is 12.5 Å². The number of hydrogen-bond donors (Lipinski definition) is 0. The SMILES string of the molecule is C[C@H]([C@@H](C)OC(C)(C)C)N(C)C. The fraction of sp³-hybridized carbons (Fsp3) is 1.00. The number of ether oxygens (including phenoxy) is 1. The minimum Gasteiger partial charge on any atom is -0.371 e. The van der Waals surface area contributed by atoms with Crippen LogP contribution in [0, 0.1) is 0 Å². The molecule has 0 unspecified atom stereocenters. The minimum atomic E-state index is -0.0380. The zero-order valence-corrected chi connectivity index (χ0v) is 9.51. The Morgan fingerprint density at radius 2 is 1.50 bits per heavy atom. The van der Waals surface area contributed by atoms with Crippen molar-refractivity contribution in [2.45, 2.75) is 52.4 Å². The second-order valence-electron chi connectivity index (χ2n) is 4.64. The van der Waals surface area contributed by atoms with Crippen LogP contribution in [0.5, 0.6) is 0 Å². The van der Waals surface area contributed by atoms with Crippen LogP contribution in [0.15, 0.2) is 0 Å². The zero-order chi connectivity index (χ0) is 9.94. The highest BCUT2D eigenvalue weighted by Crippen LogP contribution is 2.14. The summed E-state index contributed by atoms with van der Waals surface area (Å²) in [6.07, 6.45) is 0.278. The van der Waals surface area contributed by atoms with Crippen LogP contribution in [-0.4, -0.2) is 36.7 Å². The smallest absolute Gasteiger partial charge is 0.0706 e. The molecule has 0 bridgehead atoms. The highest BCUT2D eigenvalue weighted by Gasteiger charge is 2.20. The Morgan fingerprint density at radius 3 is 1.75 bits per heavy atom. The van der Waals surface area contributed by atoms with Crippen molar-refractivity contribution in [1.82, 2.24) is 4.90 Å². The summed E-state index contributed by atoms with van der Waals surface area (Å²) in [6, 6.07) is 0.462. The van der Waals surface area contributed by atoms with Crippen LogP contribution in [-0.2, 0) is 4.74 Å². The van der Waals surface area contributed by atoms with Gasteiger partial charge in [-0.2, -0.15) is 0 Å². The van der Waals surface area contributed by atoms with E-state index in [-0.39, 0.29) is 11.7 Å². The predicted molar refractivity (Wildman–Crippen MR) is 53.4 cm³/mol. The van der Waals surface area contributed by atoms with E-state index in [0.717, 1.165) is 0 Å². The molecule has 2 nitrogen and oxygen atoms in total. The number of hydrogen-bond acceptors (Lipinski definition) is 2. The molecule has 74 valence electrons. The Labute approximate surface area is 76.9 Å². The highest BCUT2D eigenvalue weighted by atomic mass is 16.5. The van der Waals surface area contributed by atoms with Crippen molar-refractivity contribution >= 4 is 0 Å². The Hall–Kier alpha value is -0.0800. The molecule has 0 aliphatic rings. The van der Waals surface area contributed by atoms with Crippen LogP contribution in [0.25, 0.3) is 0 Å². The van der Waals surface area contributed by atoms with Crippen molar-refractivity contribution in [2.24, 2.45) is 0 Å². The number of likely N-dealkylation sites (N-methyl/N-ethyl adjacent to an activating group) is 1. The van der Waals surface area contributed by atoms with Crippen LogP contribution in [0.1, 0.15) is 34.6 Å². The number of nitrogens with zero attached hydrogens (tertiary/aromatic N) is 1. The first kappa shape index (κ1) is 11.9. The van der Waals surface area contributed by atoms with Gasteiger partial charge in [0.05, 0.1) is 11.7 Å². The molecule has 2 atom stereocenters. The summed E-state index contributed by atoms with van der Waals surface area (Å²) < 4.78 is 5.82. The molecule has 0 aromatic heterocycles. The first-order valence-corrected chi connectivity index (χ1v) is 4.58. The Balaban J connectivity index is 3.95. The molecule has 0 heterocycles. The molecule has 0 rings (SSSR count). The lowest BCUT2D eigenvalue weighted by Crippen LogP contribution is -2.40. The lowest BCUT2D eigenvalue weighted by Gasteiger charge is -2.32. The molecule has 12 heavy (non-hydrogen) atoms. The van der Waals surface area contributed by atoms with Crippen LogP contribution in [0.4, 0.5) is 0 Å². The van der Waals surface area contributed by atoms with E-state index in [1.807, 2.05) is 0 Å². The predicted octanol–water partition coefficient (Wildman–Crippen LogP) is 2.14. The fourth-order valence-electron chi connectivity index (χ4n) is 1.08. The molecule has 0 aromatic carbocycles. The van der Waals surface area contributed by atoms with Gasteiger partial charge in [0.2, 0.25) is 0 Å². The van der Waals surface area contributed by atoms with Crippen LogP contribution in [0.3, 0.4) is 0 Å². The Kier molecular flexibility index (Phi) is 4.21. The molecule has 0 saturated heterocycles. The first-order valence-electron chi connectivity index (χ1n) is 4.58. The monoisotopic (exact) mass is 173 g/mol. The van der Waals surface area contributed by atoms with E-state index in [1.54, 1.807) is 0 Å². The molecule has 0 radical (unpaired) electrons. The van der Waals surface area contributed by atoms with Gasteiger partial charge in [-0.1, -0.05) is 0 Å². The number of rotatable bonds is 3. The van der Waals surface area contributed by atoms with Crippen molar-refractivity contribution < 1.29 is 4.74 Å². The van der Waals surface area contributed by atoms with Gasteiger partial charge >= 0.3 is 0 Å². The average molecular weight is 173 g/mol. The van der Waals surface area contributed by atoms with Crippen LogP contribution in [0.2, 0.25) is 0 Å². The Morgan fingerprint density at radius 1 is 1.08 bits per heavy atom. The first-order chi connectivity index (χ1) is 5.24. The van der Waals surface area contributed by atoms with Gasteiger partial charge in [0.25, 0.3) is 0 Å². The van der Waals surface area contributed by atoms with E-state index in [2.05, 4.69) is 53.6 Å².